The van der Waals surface area contributed by atoms with Crippen molar-refractivity contribution in [3.63, 3.8) is 0 Å². The molecular formula is C20H17N3O3. The predicted octanol–water partition coefficient (Wildman–Crippen LogP) is 4.78. The summed E-state index contributed by atoms with van der Waals surface area (Å²) < 4.78 is 5.03. The van der Waals surface area contributed by atoms with E-state index in [2.05, 4.69) is 5.10 Å². The van der Waals surface area contributed by atoms with Crippen molar-refractivity contribution in [2.75, 3.05) is 12.1 Å². The zero-order valence-corrected chi connectivity index (χ0v) is 14.1. The van der Waals surface area contributed by atoms with E-state index in [1.807, 2.05) is 60.7 Å². The molecule has 3 aromatic rings. The Labute approximate surface area is 151 Å². The van der Waals surface area contributed by atoms with Crippen LogP contribution in [0.3, 0.4) is 0 Å². The Hall–Kier alpha value is -3.67. The summed E-state index contributed by atoms with van der Waals surface area (Å²) in [7, 11) is 1.41. The summed E-state index contributed by atoms with van der Waals surface area (Å²) in [5.74, 6) is 0.218. The summed E-state index contributed by atoms with van der Waals surface area (Å²) in [5, 5.41) is 17.5. The van der Waals surface area contributed by atoms with Gasteiger partial charge in [0.2, 0.25) is 0 Å². The Bertz CT molecular complexity index is 873. The van der Waals surface area contributed by atoms with Crippen molar-refractivity contribution in [1.82, 2.24) is 0 Å². The van der Waals surface area contributed by atoms with Crippen LogP contribution in [0.2, 0.25) is 0 Å². The molecule has 6 nitrogen and oxygen atoms in total. The fourth-order valence-corrected chi connectivity index (χ4v) is 2.48. The zero-order chi connectivity index (χ0) is 18.4. The average molecular weight is 347 g/mol. The molecule has 0 bridgehead atoms. The standard InChI is InChI=1S/C20H17N3O3/c1-26-20-13-12-16(14-19(20)23(24)25)15-21-22(17-8-4-2-5-9-17)18-10-6-3-7-11-18/h2-15H,1H3/b21-15+. The Morgan fingerprint density at radius 3 is 2.04 bits per heavy atom. The van der Waals surface area contributed by atoms with Gasteiger partial charge in [0.25, 0.3) is 0 Å². The monoisotopic (exact) mass is 347 g/mol. The van der Waals surface area contributed by atoms with E-state index in [0.717, 1.165) is 11.4 Å². The normalized spacial score (nSPS) is 10.7. The van der Waals surface area contributed by atoms with Gasteiger partial charge < -0.3 is 4.74 Å². The van der Waals surface area contributed by atoms with Crippen LogP contribution >= 0.6 is 0 Å². The minimum atomic E-state index is -0.470. The number of nitro benzene ring substituents is 1. The number of hydrogen-bond acceptors (Lipinski definition) is 5. The van der Waals surface area contributed by atoms with Gasteiger partial charge in [-0.1, -0.05) is 36.4 Å². The second-order valence-electron chi connectivity index (χ2n) is 5.42. The molecule has 3 aromatic carbocycles. The van der Waals surface area contributed by atoms with Gasteiger partial charge in [-0.2, -0.15) is 5.10 Å². The van der Waals surface area contributed by atoms with Crippen LogP contribution in [-0.2, 0) is 0 Å². The van der Waals surface area contributed by atoms with Crippen molar-refractivity contribution in [1.29, 1.82) is 0 Å². The van der Waals surface area contributed by atoms with Crippen LogP contribution in [0.15, 0.2) is 84.0 Å². The van der Waals surface area contributed by atoms with Gasteiger partial charge in [0.15, 0.2) is 5.75 Å². The van der Waals surface area contributed by atoms with Gasteiger partial charge in [-0.05, 0) is 36.4 Å². The molecular weight excluding hydrogens is 330 g/mol. The first-order valence-corrected chi connectivity index (χ1v) is 7.95. The van der Waals surface area contributed by atoms with Crippen LogP contribution in [0, 0.1) is 10.1 Å². The van der Waals surface area contributed by atoms with E-state index in [4.69, 9.17) is 4.74 Å². The third kappa shape index (κ3) is 3.87. The quantitative estimate of drug-likeness (QED) is 0.366. The first-order valence-electron chi connectivity index (χ1n) is 7.95. The average Bonchev–Trinajstić information content (AvgIpc) is 2.69. The van der Waals surface area contributed by atoms with Crippen molar-refractivity contribution in [3.8, 4) is 5.75 Å². The molecule has 0 saturated heterocycles. The van der Waals surface area contributed by atoms with Gasteiger partial charge in [0, 0.05) is 11.6 Å². The first kappa shape index (κ1) is 17.2. The maximum atomic E-state index is 11.2. The number of nitrogens with zero attached hydrogens (tertiary/aromatic N) is 3. The van der Waals surface area contributed by atoms with Gasteiger partial charge in [-0.15, -0.1) is 0 Å². The van der Waals surface area contributed by atoms with Crippen molar-refractivity contribution in [3.05, 3.63) is 94.5 Å². The fourth-order valence-electron chi connectivity index (χ4n) is 2.48. The summed E-state index contributed by atoms with van der Waals surface area (Å²) in [5.41, 5.74) is 2.28. The Kier molecular flexibility index (Phi) is 5.24. The molecule has 130 valence electrons. The number of para-hydroxylation sites is 2. The summed E-state index contributed by atoms with van der Waals surface area (Å²) in [6.07, 6.45) is 1.59. The second kappa shape index (κ2) is 7.94. The number of nitro groups is 1. The van der Waals surface area contributed by atoms with Crippen molar-refractivity contribution in [2.24, 2.45) is 5.10 Å². The number of hydrazone groups is 1. The molecule has 0 saturated carbocycles. The molecule has 0 heterocycles. The lowest BCUT2D eigenvalue weighted by Gasteiger charge is -2.19. The highest BCUT2D eigenvalue weighted by atomic mass is 16.6. The van der Waals surface area contributed by atoms with Gasteiger partial charge in [0.05, 0.1) is 29.6 Å². The second-order valence-corrected chi connectivity index (χ2v) is 5.42. The smallest absolute Gasteiger partial charge is 0.311 e. The molecule has 0 unspecified atom stereocenters. The molecule has 0 amide bonds. The number of rotatable bonds is 6. The largest absolute Gasteiger partial charge is 0.490 e. The highest BCUT2D eigenvalue weighted by Gasteiger charge is 2.15. The van der Waals surface area contributed by atoms with Gasteiger partial charge in [0.1, 0.15) is 0 Å². The van der Waals surface area contributed by atoms with E-state index in [-0.39, 0.29) is 11.4 Å². The minimum absolute atomic E-state index is 0.0950. The van der Waals surface area contributed by atoms with E-state index < -0.39 is 4.92 Å². The molecule has 3 rings (SSSR count). The van der Waals surface area contributed by atoms with Crippen LogP contribution in [0.5, 0.6) is 5.75 Å². The van der Waals surface area contributed by atoms with E-state index >= 15 is 0 Å². The number of anilines is 2. The molecule has 26 heavy (non-hydrogen) atoms. The number of ether oxygens (including phenoxy) is 1. The molecule has 0 aliphatic rings. The third-order valence-corrected chi connectivity index (χ3v) is 3.72. The summed E-state index contributed by atoms with van der Waals surface area (Å²) >= 11 is 0. The van der Waals surface area contributed by atoms with Crippen LogP contribution < -0.4 is 9.75 Å². The zero-order valence-electron chi connectivity index (χ0n) is 14.1. The molecule has 0 aliphatic carbocycles. The Morgan fingerprint density at radius 2 is 1.54 bits per heavy atom. The SMILES string of the molecule is COc1ccc(/C=N/N(c2ccccc2)c2ccccc2)cc1[N+](=O)[O-]. The number of hydrogen-bond donors (Lipinski definition) is 0. The molecule has 0 N–H and O–H groups in total. The maximum absolute atomic E-state index is 11.2. The van der Waals surface area contributed by atoms with Gasteiger partial charge >= 0.3 is 5.69 Å². The molecule has 0 radical (unpaired) electrons. The summed E-state index contributed by atoms with van der Waals surface area (Å²) in [6.45, 7) is 0. The number of methoxy groups -OCH3 is 1. The van der Waals surface area contributed by atoms with Crippen molar-refractivity contribution in [2.45, 2.75) is 0 Å². The predicted molar refractivity (Wildman–Crippen MR) is 102 cm³/mol. The lowest BCUT2D eigenvalue weighted by Crippen LogP contribution is -2.09. The highest BCUT2D eigenvalue weighted by molar-refractivity contribution is 5.83. The van der Waals surface area contributed by atoms with E-state index in [0.29, 0.717) is 5.56 Å². The molecule has 0 aromatic heterocycles. The summed E-state index contributed by atoms with van der Waals surface area (Å²) in [4.78, 5) is 10.7. The van der Waals surface area contributed by atoms with E-state index in [1.54, 1.807) is 23.4 Å². The van der Waals surface area contributed by atoms with Crippen LogP contribution in [-0.4, -0.2) is 18.2 Å². The lowest BCUT2D eigenvalue weighted by molar-refractivity contribution is -0.385. The van der Waals surface area contributed by atoms with Crippen molar-refractivity contribution >= 4 is 23.3 Å². The highest BCUT2D eigenvalue weighted by Crippen LogP contribution is 2.28. The fraction of sp³-hybridized carbons (Fsp3) is 0.0500. The van der Waals surface area contributed by atoms with Gasteiger partial charge in [-0.3, -0.25) is 10.1 Å². The van der Waals surface area contributed by atoms with Gasteiger partial charge in [-0.25, -0.2) is 5.01 Å². The van der Waals surface area contributed by atoms with Crippen LogP contribution in [0.25, 0.3) is 0 Å². The maximum Gasteiger partial charge on any atom is 0.311 e. The molecule has 0 aliphatic heterocycles. The summed E-state index contributed by atoms with van der Waals surface area (Å²) in [6, 6.07) is 24.1. The van der Waals surface area contributed by atoms with Crippen molar-refractivity contribution < 1.29 is 9.66 Å². The topological polar surface area (TPSA) is 68.0 Å². The lowest BCUT2D eigenvalue weighted by atomic mass is 10.2. The minimum Gasteiger partial charge on any atom is -0.490 e. The van der Waals surface area contributed by atoms with E-state index in [1.165, 1.54) is 13.2 Å². The Balaban J connectivity index is 1.97. The molecule has 6 heteroatoms. The van der Waals surface area contributed by atoms with E-state index in [9.17, 15) is 10.1 Å². The van der Waals surface area contributed by atoms with Crippen LogP contribution in [0.1, 0.15) is 5.56 Å². The van der Waals surface area contributed by atoms with Crippen LogP contribution in [0.4, 0.5) is 17.1 Å². The number of benzene rings is 3. The third-order valence-electron chi connectivity index (χ3n) is 3.72. The molecule has 0 fully saturated rings. The molecule has 0 spiro atoms. The Morgan fingerprint density at radius 1 is 0.962 bits per heavy atom. The molecule has 0 atom stereocenters. The first-order chi connectivity index (χ1) is 12.7.